The van der Waals surface area contributed by atoms with Gasteiger partial charge in [-0.1, -0.05) is 25.1 Å². The number of hydrogen-bond acceptors (Lipinski definition) is 3. The van der Waals surface area contributed by atoms with Crippen molar-refractivity contribution < 1.29 is 4.74 Å². The third-order valence-corrected chi connectivity index (χ3v) is 4.80. The summed E-state index contributed by atoms with van der Waals surface area (Å²) in [4.78, 5) is 6.91. The molecule has 1 fully saturated rings. The number of piperidine rings is 1. The Morgan fingerprint density at radius 3 is 2.88 bits per heavy atom. The lowest BCUT2D eigenvalue weighted by molar-refractivity contribution is 0.181. The average Bonchev–Trinajstić information content (AvgIpc) is 2.64. The largest absolute Gasteiger partial charge is 0.496 e. The highest BCUT2D eigenvalue weighted by molar-refractivity contribution is 5.79. The van der Waals surface area contributed by atoms with Gasteiger partial charge in [-0.25, -0.2) is 0 Å². The zero-order valence-electron chi connectivity index (χ0n) is 16.1. The van der Waals surface area contributed by atoms with Crippen molar-refractivity contribution in [2.24, 2.45) is 10.9 Å². The Balaban J connectivity index is 1.62. The molecule has 1 aliphatic rings. The van der Waals surface area contributed by atoms with Gasteiger partial charge in [0.15, 0.2) is 5.96 Å². The molecule has 1 unspecified atom stereocenters. The maximum absolute atomic E-state index is 5.38. The van der Waals surface area contributed by atoms with Gasteiger partial charge >= 0.3 is 0 Å². The molecule has 0 amide bonds. The highest BCUT2D eigenvalue weighted by Crippen LogP contribution is 2.17. The van der Waals surface area contributed by atoms with Crippen LogP contribution in [0.1, 0.15) is 38.2 Å². The van der Waals surface area contributed by atoms with Gasteiger partial charge in [0.05, 0.1) is 7.11 Å². The molecule has 140 valence electrons. The van der Waals surface area contributed by atoms with Crippen molar-refractivity contribution in [2.75, 3.05) is 40.3 Å². The van der Waals surface area contributed by atoms with E-state index in [-0.39, 0.29) is 0 Å². The lowest BCUT2D eigenvalue weighted by atomic mass is 10.0. The van der Waals surface area contributed by atoms with Gasteiger partial charge in [0.25, 0.3) is 0 Å². The van der Waals surface area contributed by atoms with Crippen LogP contribution in [-0.2, 0) is 6.54 Å². The van der Waals surface area contributed by atoms with E-state index < -0.39 is 0 Å². The first-order chi connectivity index (χ1) is 12.2. The molecule has 2 rings (SSSR count). The molecule has 0 bridgehead atoms. The topological polar surface area (TPSA) is 48.9 Å². The quantitative estimate of drug-likeness (QED) is 0.432. The Morgan fingerprint density at radius 1 is 1.28 bits per heavy atom. The van der Waals surface area contributed by atoms with E-state index in [2.05, 4.69) is 33.5 Å². The van der Waals surface area contributed by atoms with Gasteiger partial charge in [-0.05, 0) is 50.8 Å². The zero-order chi connectivity index (χ0) is 17.9. The van der Waals surface area contributed by atoms with Crippen LogP contribution in [0, 0.1) is 5.92 Å². The number of unbranched alkanes of at least 4 members (excludes halogenated alkanes) is 1. The summed E-state index contributed by atoms with van der Waals surface area (Å²) < 4.78 is 5.38. The van der Waals surface area contributed by atoms with Crippen LogP contribution in [0.2, 0.25) is 0 Å². The minimum absolute atomic E-state index is 0.704. The second kappa shape index (κ2) is 11.0. The van der Waals surface area contributed by atoms with E-state index in [1.54, 1.807) is 7.11 Å². The molecule has 0 radical (unpaired) electrons. The lowest BCUT2D eigenvalue weighted by Crippen LogP contribution is -2.38. The minimum Gasteiger partial charge on any atom is -0.496 e. The summed E-state index contributed by atoms with van der Waals surface area (Å²) in [6.45, 7) is 7.80. The van der Waals surface area contributed by atoms with Gasteiger partial charge in [0.2, 0.25) is 0 Å². The van der Waals surface area contributed by atoms with Crippen molar-refractivity contribution in [3.8, 4) is 5.75 Å². The first kappa shape index (κ1) is 19.6. The van der Waals surface area contributed by atoms with Crippen molar-refractivity contribution in [2.45, 2.75) is 39.2 Å². The van der Waals surface area contributed by atoms with Crippen molar-refractivity contribution in [3.63, 3.8) is 0 Å². The molecule has 2 N–H and O–H groups in total. The highest BCUT2D eigenvalue weighted by Gasteiger charge is 2.15. The fraction of sp³-hybridized carbons (Fsp3) is 0.650. The summed E-state index contributed by atoms with van der Waals surface area (Å²) in [5.74, 6) is 2.61. The summed E-state index contributed by atoms with van der Waals surface area (Å²) in [6.07, 6.45) is 5.16. The van der Waals surface area contributed by atoms with Crippen LogP contribution in [0.5, 0.6) is 5.75 Å². The third kappa shape index (κ3) is 6.94. The minimum atomic E-state index is 0.704. The Kier molecular flexibility index (Phi) is 8.60. The second-order valence-corrected chi connectivity index (χ2v) is 6.92. The summed E-state index contributed by atoms with van der Waals surface area (Å²) >= 11 is 0. The molecule has 1 aromatic carbocycles. The van der Waals surface area contributed by atoms with Gasteiger partial charge in [-0.2, -0.15) is 0 Å². The van der Waals surface area contributed by atoms with Gasteiger partial charge in [0, 0.05) is 32.2 Å². The molecule has 1 aromatic rings. The standard InChI is InChI=1S/C20H34N4O/c1-17-9-8-14-24(16-17)13-7-6-12-22-20(21-2)23-15-18-10-4-5-11-19(18)25-3/h4-5,10-11,17H,6-9,12-16H2,1-3H3,(H2,21,22,23). The van der Waals surface area contributed by atoms with Crippen molar-refractivity contribution in [3.05, 3.63) is 29.8 Å². The molecule has 1 aliphatic heterocycles. The van der Waals surface area contributed by atoms with E-state index in [4.69, 9.17) is 4.74 Å². The molecule has 0 saturated carbocycles. The van der Waals surface area contributed by atoms with E-state index in [0.717, 1.165) is 29.7 Å². The Hall–Kier alpha value is -1.75. The Morgan fingerprint density at radius 2 is 2.12 bits per heavy atom. The molecule has 5 nitrogen and oxygen atoms in total. The third-order valence-electron chi connectivity index (χ3n) is 4.80. The first-order valence-corrected chi connectivity index (χ1v) is 9.51. The van der Waals surface area contributed by atoms with E-state index >= 15 is 0 Å². The normalized spacial score (nSPS) is 18.8. The average molecular weight is 347 g/mol. The number of para-hydroxylation sites is 1. The number of aliphatic imine (C=N–C) groups is 1. The summed E-state index contributed by atoms with van der Waals surface area (Å²) in [5.41, 5.74) is 1.13. The zero-order valence-corrected chi connectivity index (χ0v) is 16.1. The van der Waals surface area contributed by atoms with Crippen molar-refractivity contribution in [1.29, 1.82) is 0 Å². The molecule has 5 heteroatoms. The van der Waals surface area contributed by atoms with Crippen LogP contribution in [0.4, 0.5) is 0 Å². The molecule has 0 spiro atoms. The van der Waals surface area contributed by atoms with Crippen molar-refractivity contribution >= 4 is 5.96 Å². The molecule has 1 atom stereocenters. The Bertz CT molecular complexity index is 532. The lowest BCUT2D eigenvalue weighted by Gasteiger charge is -2.30. The second-order valence-electron chi connectivity index (χ2n) is 6.92. The van der Waals surface area contributed by atoms with Crippen LogP contribution in [0.15, 0.2) is 29.3 Å². The smallest absolute Gasteiger partial charge is 0.191 e. The fourth-order valence-electron chi connectivity index (χ4n) is 3.41. The number of nitrogens with zero attached hydrogens (tertiary/aromatic N) is 2. The van der Waals surface area contributed by atoms with Gasteiger partial charge < -0.3 is 20.3 Å². The molecule has 1 heterocycles. The molecule has 0 aromatic heterocycles. The van der Waals surface area contributed by atoms with Crippen LogP contribution >= 0.6 is 0 Å². The summed E-state index contributed by atoms with van der Waals surface area (Å²) in [6, 6.07) is 8.06. The fourth-order valence-corrected chi connectivity index (χ4v) is 3.41. The van der Waals surface area contributed by atoms with E-state index in [1.807, 2.05) is 25.2 Å². The van der Waals surface area contributed by atoms with E-state index in [9.17, 15) is 0 Å². The number of nitrogens with one attached hydrogen (secondary N) is 2. The molecular weight excluding hydrogens is 312 g/mol. The molecule has 0 aliphatic carbocycles. The maximum atomic E-state index is 5.38. The van der Waals surface area contributed by atoms with Gasteiger partial charge in [0.1, 0.15) is 5.75 Å². The maximum Gasteiger partial charge on any atom is 0.191 e. The number of rotatable bonds is 8. The van der Waals surface area contributed by atoms with Crippen molar-refractivity contribution in [1.82, 2.24) is 15.5 Å². The van der Waals surface area contributed by atoms with Crippen LogP contribution in [0.25, 0.3) is 0 Å². The van der Waals surface area contributed by atoms with E-state index in [0.29, 0.717) is 6.54 Å². The number of likely N-dealkylation sites (tertiary alicyclic amines) is 1. The molecule has 25 heavy (non-hydrogen) atoms. The molecule has 1 saturated heterocycles. The summed E-state index contributed by atoms with van der Waals surface area (Å²) in [5, 5.41) is 6.76. The highest BCUT2D eigenvalue weighted by atomic mass is 16.5. The first-order valence-electron chi connectivity index (χ1n) is 9.51. The van der Waals surface area contributed by atoms with Gasteiger partial charge in [-0.15, -0.1) is 0 Å². The number of methoxy groups -OCH3 is 1. The van der Waals surface area contributed by atoms with Crippen LogP contribution < -0.4 is 15.4 Å². The van der Waals surface area contributed by atoms with Crippen LogP contribution in [-0.4, -0.2) is 51.2 Å². The van der Waals surface area contributed by atoms with Gasteiger partial charge in [-0.3, -0.25) is 4.99 Å². The van der Waals surface area contributed by atoms with E-state index in [1.165, 1.54) is 45.3 Å². The summed E-state index contributed by atoms with van der Waals surface area (Å²) in [7, 11) is 3.52. The number of guanidine groups is 1. The van der Waals surface area contributed by atoms with Crippen LogP contribution in [0.3, 0.4) is 0 Å². The number of benzene rings is 1. The predicted octanol–water partition coefficient (Wildman–Crippen LogP) is 2.87. The predicted molar refractivity (Wildman–Crippen MR) is 105 cm³/mol. The molecular formula is C20H34N4O. The number of ether oxygens (including phenoxy) is 1. The Labute approximate surface area is 152 Å². The SMILES string of the molecule is CN=C(NCCCCN1CCCC(C)C1)NCc1ccccc1OC. The monoisotopic (exact) mass is 346 g/mol. The number of hydrogen-bond donors (Lipinski definition) is 2.